The Balaban J connectivity index is 2.00. The van der Waals surface area contributed by atoms with Crippen molar-refractivity contribution >= 4 is 10.0 Å². The van der Waals surface area contributed by atoms with E-state index in [0.29, 0.717) is 31.4 Å². The summed E-state index contributed by atoms with van der Waals surface area (Å²) in [5, 5.41) is 3.02. The van der Waals surface area contributed by atoms with Crippen molar-refractivity contribution in [1.82, 2.24) is 10.0 Å². The summed E-state index contributed by atoms with van der Waals surface area (Å²) in [5.41, 5.74) is 0. The highest BCUT2D eigenvalue weighted by Gasteiger charge is 2.24. The Morgan fingerprint density at radius 1 is 1.32 bits per heavy atom. The molecule has 0 aliphatic carbocycles. The lowest BCUT2D eigenvalue weighted by atomic mass is 10.2. The van der Waals surface area contributed by atoms with Gasteiger partial charge in [-0.3, -0.25) is 0 Å². The third-order valence-corrected chi connectivity index (χ3v) is 4.36. The van der Waals surface area contributed by atoms with Crippen LogP contribution in [0, 0.1) is 5.92 Å². The zero-order chi connectivity index (χ0) is 13.9. The molecule has 2 N–H and O–H groups in total. The molecule has 106 valence electrons. The molecule has 0 aromatic heterocycles. The van der Waals surface area contributed by atoms with Crippen LogP contribution in [-0.2, 0) is 10.0 Å². The highest BCUT2D eigenvalue weighted by molar-refractivity contribution is 7.89. The highest BCUT2D eigenvalue weighted by atomic mass is 32.2. The summed E-state index contributed by atoms with van der Waals surface area (Å²) in [6.07, 6.45) is 0. The Bertz CT molecular complexity index is 507. The first-order valence-electron chi connectivity index (χ1n) is 6.43. The van der Waals surface area contributed by atoms with E-state index in [4.69, 9.17) is 4.74 Å². The molecule has 1 fully saturated rings. The van der Waals surface area contributed by atoms with Gasteiger partial charge in [0.1, 0.15) is 5.75 Å². The van der Waals surface area contributed by atoms with Gasteiger partial charge in [-0.1, -0.05) is 13.8 Å². The van der Waals surface area contributed by atoms with Gasteiger partial charge in [0, 0.05) is 19.1 Å². The first-order chi connectivity index (χ1) is 8.97. The minimum absolute atomic E-state index is 0.00173. The average molecular weight is 284 g/mol. The molecule has 1 saturated heterocycles. The van der Waals surface area contributed by atoms with E-state index in [-0.39, 0.29) is 10.9 Å². The van der Waals surface area contributed by atoms with Gasteiger partial charge >= 0.3 is 0 Å². The van der Waals surface area contributed by atoms with Crippen LogP contribution in [0.3, 0.4) is 0 Å². The second kappa shape index (κ2) is 5.90. The maximum absolute atomic E-state index is 12.0. The first kappa shape index (κ1) is 14.3. The van der Waals surface area contributed by atoms with Crippen LogP contribution in [0.1, 0.15) is 13.8 Å². The highest BCUT2D eigenvalue weighted by Crippen LogP contribution is 2.17. The topological polar surface area (TPSA) is 67.4 Å². The Morgan fingerprint density at radius 2 is 1.95 bits per heavy atom. The van der Waals surface area contributed by atoms with E-state index in [1.807, 2.05) is 0 Å². The maximum Gasteiger partial charge on any atom is 0.240 e. The lowest BCUT2D eigenvalue weighted by Gasteiger charge is -2.27. The first-order valence-corrected chi connectivity index (χ1v) is 7.91. The van der Waals surface area contributed by atoms with Gasteiger partial charge in [-0.15, -0.1) is 0 Å². The second-order valence-corrected chi connectivity index (χ2v) is 6.87. The molecule has 19 heavy (non-hydrogen) atoms. The minimum Gasteiger partial charge on any atom is -0.493 e. The number of nitrogens with one attached hydrogen (secondary N) is 2. The minimum atomic E-state index is -3.41. The Hall–Kier alpha value is -1.11. The lowest BCUT2D eigenvalue weighted by Crippen LogP contribution is -2.56. The summed E-state index contributed by atoms with van der Waals surface area (Å²) < 4.78 is 32.2. The molecular formula is C13H20N2O3S. The predicted octanol–water partition coefficient (Wildman–Crippen LogP) is 0.971. The average Bonchev–Trinajstić information content (AvgIpc) is 2.32. The molecule has 1 aromatic carbocycles. The van der Waals surface area contributed by atoms with Gasteiger partial charge in [-0.2, -0.15) is 0 Å². The van der Waals surface area contributed by atoms with E-state index < -0.39 is 10.0 Å². The van der Waals surface area contributed by atoms with Gasteiger partial charge in [0.15, 0.2) is 0 Å². The van der Waals surface area contributed by atoms with E-state index in [1.165, 1.54) is 0 Å². The summed E-state index contributed by atoms with van der Waals surface area (Å²) in [5.74, 6) is 1.13. The third-order valence-electron chi connectivity index (χ3n) is 2.82. The fourth-order valence-electron chi connectivity index (χ4n) is 1.64. The Kier molecular flexibility index (Phi) is 4.44. The van der Waals surface area contributed by atoms with E-state index in [2.05, 4.69) is 23.9 Å². The fourth-order valence-corrected chi connectivity index (χ4v) is 2.87. The quantitative estimate of drug-likeness (QED) is 0.817. The standard InChI is InChI=1S/C13H20N2O3S/c1-10(2)9-18-12-3-5-13(6-4-12)19(16,17)15-11-7-14-8-11/h3-6,10-11,14-15H,7-9H2,1-2H3. The van der Waals surface area contributed by atoms with Crippen molar-refractivity contribution in [3.05, 3.63) is 24.3 Å². The van der Waals surface area contributed by atoms with Gasteiger partial charge < -0.3 is 10.1 Å². The van der Waals surface area contributed by atoms with Gasteiger partial charge in [0.25, 0.3) is 0 Å². The van der Waals surface area contributed by atoms with Crippen LogP contribution in [0.25, 0.3) is 0 Å². The van der Waals surface area contributed by atoms with E-state index >= 15 is 0 Å². The van der Waals surface area contributed by atoms with Crippen LogP contribution < -0.4 is 14.8 Å². The fraction of sp³-hybridized carbons (Fsp3) is 0.538. The van der Waals surface area contributed by atoms with E-state index in [9.17, 15) is 8.42 Å². The van der Waals surface area contributed by atoms with E-state index in [1.54, 1.807) is 24.3 Å². The number of hydrogen-bond acceptors (Lipinski definition) is 4. The molecule has 0 saturated carbocycles. The van der Waals surface area contributed by atoms with Crippen LogP contribution in [-0.4, -0.2) is 34.2 Å². The molecule has 1 aliphatic rings. The molecule has 0 spiro atoms. The van der Waals surface area contributed by atoms with Crippen LogP contribution in [0.2, 0.25) is 0 Å². The maximum atomic E-state index is 12.0. The molecular weight excluding hydrogens is 264 g/mol. The zero-order valence-electron chi connectivity index (χ0n) is 11.2. The van der Waals surface area contributed by atoms with Crippen LogP contribution >= 0.6 is 0 Å². The monoisotopic (exact) mass is 284 g/mol. The van der Waals surface area contributed by atoms with Crippen molar-refractivity contribution in [3.63, 3.8) is 0 Å². The molecule has 0 atom stereocenters. The van der Waals surface area contributed by atoms with Crippen molar-refractivity contribution in [2.45, 2.75) is 24.8 Å². The van der Waals surface area contributed by atoms with Crippen molar-refractivity contribution in [1.29, 1.82) is 0 Å². The van der Waals surface area contributed by atoms with Crippen molar-refractivity contribution < 1.29 is 13.2 Å². The van der Waals surface area contributed by atoms with Gasteiger partial charge in [0.05, 0.1) is 11.5 Å². The number of ether oxygens (including phenoxy) is 1. The van der Waals surface area contributed by atoms with Crippen LogP contribution in [0.15, 0.2) is 29.2 Å². The van der Waals surface area contributed by atoms with Crippen LogP contribution in [0.4, 0.5) is 0 Å². The number of hydrogen-bond donors (Lipinski definition) is 2. The predicted molar refractivity (Wildman–Crippen MR) is 73.8 cm³/mol. The van der Waals surface area contributed by atoms with Gasteiger partial charge in [-0.05, 0) is 30.2 Å². The largest absolute Gasteiger partial charge is 0.493 e. The zero-order valence-corrected chi connectivity index (χ0v) is 12.0. The summed E-state index contributed by atoms with van der Waals surface area (Å²) >= 11 is 0. The van der Waals surface area contributed by atoms with Gasteiger partial charge in [0.2, 0.25) is 10.0 Å². The third kappa shape index (κ3) is 3.92. The molecule has 1 aliphatic heterocycles. The summed E-state index contributed by atoms with van der Waals surface area (Å²) in [6.45, 7) is 6.13. The molecule has 0 unspecified atom stereocenters. The van der Waals surface area contributed by atoms with Crippen molar-refractivity contribution in [2.75, 3.05) is 19.7 Å². The van der Waals surface area contributed by atoms with Crippen molar-refractivity contribution in [2.24, 2.45) is 5.92 Å². The molecule has 1 aromatic rings. The molecule has 5 nitrogen and oxygen atoms in total. The second-order valence-electron chi connectivity index (χ2n) is 5.15. The van der Waals surface area contributed by atoms with Crippen molar-refractivity contribution in [3.8, 4) is 5.75 Å². The molecule has 0 radical (unpaired) electrons. The molecule has 1 heterocycles. The van der Waals surface area contributed by atoms with Gasteiger partial charge in [-0.25, -0.2) is 13.1 Å². The molecule has 0 bridgehead atoms. The summed E-state index contributed by atoms with van der Waals surface area (Å²) in [6, 6.07) is 6.53. The number of rotatable bonds is 6. The van der Waals surface area contributed by atoms with Crippen LogP contribution in [0.5, 0.6) is 5.75 Å². The normalized spacial score (nSPS) is 16.4. The lowest BCUT2D eigenvalue weighted by molar-refractivity contribution is 0.271. The Labute approximate surface area is 114 Å². The smallest absolute Gasteiger partial charge is 0.240 e. The SMILES string of the molecule is CC(C)COc1ccc(S(=O)(=O)NC2CNC2)cc1. The summed E-state index contributed by atoms with van der Waals surface area (Å²) in [4.78, 5) is 0.274. The number of benzene rings is 1. The molecule has 0 amide bonds. The van der Waals surface area contributed by atoms with E-state index in [0.717, 1.165) is 0 Å². The molecule has 2 rings (SSSR count). The Morgan fingerprint density at radius 3 is 2.42 bits per heavy atom. The molecule has 6 heteroatoms. The summed E-state index contributed by atoms with van der Waals surface area (Å²) in [7, 11) is -3.41. The number of sulfonamides is 1.